The molecule has 27 heavy (non-hydrogen) atoms. The molecule has 1 N–H and O–H groups in total. The summed E-state index contributed by atoms with van der Waals surface area (Å²) in [5.74, 6) is 0.365. The van der Waals surface area contributed by atoms with Crippen molar-refractivity contribution in [2.75, 3.05) is 13.7 Å². The molecule has 1 amide bonds. The zero-order valence-electron chi connectivity index (χ0n) is 15.1. The molecular weight excluding hydrogens is 342 g/mol. The number of hydrogen-bond acceptors (Lipinski definition) is 5. The van der Waals surface area contributed by atoms with Crippen LogP contribution in [0.15, 0.2) is 54.1 Å². The van der Waals surface area contributed by atoms with E-state index in [4.69, 9.17) is 14.7 Å². The van der Waals surface area contributed by atoms with E-state index < -0.39 is 5.91 Å². The molecule has 0 aliphatic heterocycles. The van der Waals surface area contributed by atoms with E-state index in [-0.39, 0.29) is 18.2 Å². The van der Waals surface area contributed by atoms with Crippen molar-refractivity contribution in [2.24, 2.45) is 0 Å². The summed E-state index contributed by atoms with van der Waals surface area (Å²) in [6, 6.07) is 18.0. The van der Waals surface area contributed by atoms with Gasteiger partial charge in [0.2, 0.25) is 0 Å². The highest BCUT2D eigenvalue weighted by atomic mass is 16.5. The number of carbonyl (C=O) groups is 1. The Bertz CT molecular complexity index is 909. The summed E-state index contributed by atoms with van der Waals surface area (Å²) in [7, 11) is 1.47. The van der Waals surface area contributed by atoms with Crippen molar-refractivity contribution in [1.82, 2.24) is 5.32 Å². The molecule has 0 fully saturated rings. The highest BCUT2D eigenvalue weighted by Gasteiger charge is 2.14. The van der Waals surface area contributed by atoms with Crippen molar-refractivity contribution in [3.8, 4) is 23.6 Å². The molecule has 6 heteroatoms. The zero-order valence-corrected chi connectivity index (χ0v) is 15.1. The van der Waals surface area contributed by atoms with Crippen molar-refractivity contribution >= 4 is 12.0 Å². The number of ether oxygens (including phenoxy) is 2. The highest BCUT2D eigenvalue weighted by Crippen LogP contribution is 2.29. The van der Waals surface area contributed by atoms with E-state index >= 15 is 0 Å². The molecule has 0 unspecified atom stereocenters. The van der Waals surface area contributed by atoms with E-state index in [1.165, 1.54) is 13.2 Å². The van der Waals surface area contributed by atoms with Crippen LogP contribution in [0.1, 0.15) is 24.1 Å². The molecule has 0 saturated heterocycles. The van der Waals surface area contributed by atoms with Crippen LogP contribution in [-0.4, -0.2) is 19.6 Å². The molecule has 0 aliphatic rings. The first-order valence-corrected chi connectivity index (χ1v) is 8.24. The van der Waals surface area contributed by atoms with Gasteiger partial charge in [-0.3, -0.25) is 4.79 Å². The Morgan fingerprint density at radius 3 is 2.56 bits per heavy atom. The van der Waals surface area contributed by atoms with Crippen molar-refractivity contribution < 1.29 is 14.3 Å². The predicted octanol–water partition coefficient (Wildman–Crippen LogP) is 3.38. The van der Waals surface area contributed by atoms with Crippen LogP contribution in [0.5, 0.6) is 11.5 Å². The lowest BCUT2D eigenvalue weighted by Crippen LogP contribution is -2.27. The summed E-state index contributed by atoms with van der Waals surface area (Å²) in [6.45, 7) is 1.75. The molecule has 136 valence electrons. The topological polar surface area (TPSA) is 95.1 Å². The maximum atomic E-state index is 12.4. The normalized spacial score (nSPS) is 11.6. The maximum absolute atomic E-state index is 12.4. The largest absolute Gasteiger partial charge is 0.493 e. The van der Waals surface area contributed by atoms with Gasteiger partial charge < -0.3 is 14.8 Å². The molecule has 2 aromatic rings. The Balaban J connectivity index is 2.18. The second-order valence-corrected chi connectivity index (χ2v) is 5.63. The Labute approximate surface area is 158 Å². The van der Waals surface area contributed by atoms with E-state index in [2.05, 4.69) is 5.32 Å². The third kappa shape index (κ3) is 5.35. The SMILES string of the molecule is COc1cc(/C=C(\C#N)C(=O)N[C@@H](C)c2ccccc2)ccc1OCC#N. The molecule has 0 bridgehead atoms. The number of hydrogen-bond donors (Lipinski definition) is 1. The maximum Gasteiger partial charge on any atom is 0.262 e. The van der Waals surface area contributed by atoms with Crippen molar-refractivity contribution in [1.29, 1.82) is 10.5 Å². The van der Waals surface area contributed by atoms with E-state index in [9.17, 15) is 10.1 Å². The average molecular weight is 361 g/mol. The van der Waals surface area contributed by atoms with Gasteiger partial charge in [-0.25, -0.2) is 0 Å². The molecule has 0 radical (unpaired) electrons. The minimum atomic E-state index is -0.461. The lowest BCUT2D eigenvalue weighted by atomic mass is 10.1. The fraction of sp³-hybridized carbons (Fsp3) is 0.190. The van der Waals surface area contributed by atoms with Crippen LogP contribution in [0, 0.1) is 22.7 Å². The number of nitrogens with zero attached hydrogens (tertiary/aromatic N) is 2. The Hall–Kier alpha value is -3.77. The van der Waals surface area contributed by atoms with Crippen LogP contribution < -0.4 is 14.8 Å². The molecular formula is C21H19N3O3. The van der Waals surface area contributed by atoms with Crippen LogP contribution in [0.3, 0.4) is 0 Å². The first-order chi connectivity index (χ1) is 13.1. The highest BCUT2D eigenvalue weighted by molar-refractivity contribution is 6.01. The predicted molar refractivity (Wildman–Crippen MR) is 101 cm³/mol. The monoisotopic (exact) mass is 361 g/mol. The Morgan fingerprint density at radius 1 is 1.19 bits per heavy atom. The second-order valence-electron chi connectivity index (χ2n) is 5.63. The van der Waals surface area contributed by atoms with Crippen LogP contribution in [0.25, 0.3) is 6.08 Å². The standard InChI is InChI=1S/C21H19N3O3/c1-15(17-6-4-3-5-7-17)24-21(25)18(14-23)12-16-8-9-19(27-11-10-22)20(13-16)26-2/h3-9,12-13,15H,11H2,1-2H3,(H,24,25)/b18-12+/t15-/m0/s1. The average Bonchev–Trinajstić information content (AvgIpc) is 2.71. The lowest BCUT2D eigenvalue weighted by Gasteiger charge is -2.14. The van der Waals surface area contributed by atoms with E-state index in [0.29, 0.717) is 17.1 Å². The number of nitriles is 2. The molecule has 0 aliphatic carbocycles. The Kier molecular flexibility index (Phi) is 6.99. The lowest BCUT2D eigenvalue weighted by molar-refractivity contribution is -0.117. The van der Waals surface area contributed by atoms with E-state index in [1.54, 1.807) is 18.2 Å². The number of benzene rings is 2. The van der Waals surface area contributed by atoms with Crippen molar-refractivity contribution in [3.63, 3.8) is 0 Å². The quantitative estimate of drug-likeness (QED) is 0.602. The molecule has 0 spiro atoms. The van der Waals surface area contributed by atoms with Gasteiger partial charge >= 0.3 is 0 Å². The minimum Gasteiger partial charge on any atom is -0.493 e. The first kappa shape index (κ1) is 19.6. The van der Waals surface area contributed by atoms with Gasteiger partial charge in [0.15, 0.2) is 18.1 Å². The number of methoxy groups -OCH3 is 1. The van der Waals surface area contributed by atoms with Crippen LogP contribution in [-0.2, 0) is 4.79 Å². The number of carbonyl (C=O) groups excluding carboxylic acids is 1. The third-order valence-corrected chi connectivity index (χ3v) is 3.80. The number of nitrogens with one attached hydrogen (secondary N) is 1. The fourth-order valence-electron chi connectivity index (χ4n) is 2.42. The molecule has 1 atom stereocenters. The fourth-order valence-corrected chi connectivity index (χ4v) is 2.42. The molecule has 6 nitrogen and oxygen atoms in total. The van der Waals surface area contributed by atoms with E-state index in [0.717, 1.165) is 5.56 Å². The zero-order chi connectivity index (χ0) is 19.6. The minimum absolute atomic E-state index is 0.0227. The van der Waals surface area contributed by atoms with Gasteiger partial charge in [-0.05, 0) is 36.3 Å². The van der Waals surface area contributed by atoms with Gasteiger partial charge in [-0.2, -0.15) is 10.5 Å². The summed E-state index contributed by atoms with van der Waals surface area (Å²) in [4.78, 5) is 12.4. The molecule has 2 aromatic carbocycles. The van der Waals surface area contributed by atoms with Crippen molar-refractivity contribution in [3.05, 3.63) is 65.2 Å². The summed E-state index contributed by atoms with van der Waals surface area (Å²) >= 11 is 0. The third-order valence-electron chi connectivity index (χ3n) is 3.80. The summed E-state index contributed by atoms with van der Waals surface area (Å²) in [5.41, 5.74) is 1.53. The van der Waals surface area contributed by atoms with Gasteiger partial charge in [0, 0.05) is 0 Å². The van der Waals surface area contributed by atoms with Crippen LogP contribution in [0.2, 0.25) is 0 Å². The molecule has 2 rings (SSSR count). The number of rotatable bonds is 7. The Morgan fingerprint density at radius 2 is 1.93 bits per heavy atom. The van der Waals surface area contributed by atoms with Crippen molar-refractivity contribution in [2.45, 2.75) is 13.0 Å². The second kappa shape index (κ2) is 9.65. The summed E-state index contributed by atoms with van der Waals surface area (Å²) in [5, 5.41) is 20.8. The van der Waals surface area contributed by atoms with Gasteiger partial charge in [-0.1, -0.05) is 36.4 Å². The number of amides is 1. The molecule has 0 saturated carbocycles. The van der Waals surface area contributed by atoms with Gasteiger partial charge in [-0.15, -0.1) is 0 Å². The molecule has 0 heterocycles. The first-order valence-electron chi connectivity index (χ1n) is 8.24. The smallest absolute Gasteiger partial charge is 0.262 e. The summed E-state index contributed by atoms with van der Waals surface area (Å²) in [6.07, 6.45) is 1.48. The van der Waals surface area contributed by atoms with Crippen LogP contribution >= 0.6 is 0 Å². The van der Waals surface area contributed by atoms with Crippen LogP contribution in [0.4, 0.5) is 0 Å². The van der Waals surface area contributed by atoms with Gasteiger partial charge in [0.05, 0.1) is 13.2 Å². The summed E-state index contributed by atoms with van der Waals surface area (Å²) < 4.78 is 10.5. The molecule has 0 aromatic heterocycles. The van der Waals surface area contributed by atoms with E-state index in [1.807, 2.05) is 49.4 Å². The van der Waals surface area contributed by atoms with Gasteiger partial charge in [0.1, 0.15) is 17.7 Å². The van der Waals surface area contributed by atoms with Gasteiger partial charge in [0.25, 0.3) is 5.91 Å².